The molecule has 0 N–H and O–H groups in total. The fourth-order valence-corrected chi connectivity index (χ4v) is 4.53. The SMILES string of the molecule is COc1ccc(C[C@H]2COC(c3cc(OC)c(OC)c(OC)c3)[C@H]2COC(=O)C=C(C)C)cc1OC. The first-order chi connectivity index (χ1) is 17.3. The molecular weight excluding hydrogens is 464 g/mol. The number of ether oxygens (including phenoxy) is 7. The third kappa shape index (κ3) is 6.23. The Morgan fingerprint density at radius 3 is 2.08 bits per heavy atom. The minimum absolute atomic E-state index is 0.0895. The van der Waals surface area contributed by atoms with Gasteiger partial charge in [0, 0.05) is 12.0 Å². The van der Waals surface area contributed by atoms with E-state index >= 15 is 0 Å². The number of methoxy groups -OCH3 is 5. The van der Waals surface area contributed by atoms with E-state index in [9.17, 15) is 4.79 Å². The van der Waals surface area contributed by atoms with Crippen molar-refractivity contribution in [3.63, 3.8) is 0 Å². The van der Waals surface area contributed by atoms with Crippen LogP contribution in [0.1, 0.15) is 31.1 Å². The van der Waals surface area contributed by atoms with Crippen LogP contribution in [-0.4, -0.2) is 54.7 Å². The lowest BCUT2D eigenvalue weighted by Crippen LogP contribution is -2.24. The monoisotopic (exact) mass is 500 g/mol. The molecule has 36 heavy (non-hydrogen) atoms. The van der Waals surface area contributed by atoms with Crippen LogP contribution in [0.15, 0.2) is 42.0 Å². The second-order valence-electron chi connectivity index (χ2n) is 8.88. The number of carbonyl (C=O) groups is 1. The zero-order valence-electron chi connectivity index (χ0n) is 22.1. The predicted octanol–water partition coefficient (Wildman–Crippen LogP) is 4.79. The lowest BCUT2D eigenvalue weighted by atomic mass is 9.84. The number of hydrogen-bond donors (Lipinski definition) is 0. The molecule has 0 saturated carbocycles. The van der Waals surface area contributed by atoms with Crippen molar-refractivity contribution in [3.8, 4) is 28.7 Å². The molecule has 8 heteroatoms. The molecular formula is C28H36O8. The Hall–Kier alpha value is -3.39. The maximum absolute atomic E-state index is 12.3. The van der Waals surface area contributed by atoms with Crippen molar-refractivity contribution in [1.82, 2.24) is 0 Å². The quantitative estimate of drug-likeness (QED) is 0.322. The van der Waals surface area contributed by atoms with Gasteiger partial charge in [-0.3, -0.25) is 0 Å². The van der Waals surface area contributed by atoms with Crippen molar-refractivity contribution >= 4 is 5.97 Å². The fourth-order valence-electron chi connectivity index (χ4n) is 4.53. The van der Waals surface area contributed by atoms with E-state index in [1.807, 2.05) is 44.2 Å². The van der Waals surface area contributed by atoms with E-state index in [-0.39, 0.29) is 30.5 Å². The van der Waals surface area contributed by atoms with E-state index in [4.69, 9.17) is 33.2 Å². The summed E-state index contributed by atoms with van der Waals surface area (Å²) < 4.78 is 39.4. The summed E-state index contributed by atoms with van der Waals surface area (Å²) in [6.45, 7) is 4.43. The van der Waals surface area contributed by atoms with Gasteiger partial charge in [-0.1, -0.05) is 11.6 Å². The van der Waals surface area contributed by atoms with Crippen LogP contribution in [0.3, 0.4) is 0 Å². The summed E-state index contributed by atoms with van der Waals surface area (Å²) in [4.78, 5) is 12.3. The highest BCUT2D eigenvalue weighted by molar-refractivity contribution is 5.82. The Bertz CT molecular complexity index is 1050. The lowest BCUT2D eigenvalue weighted by Gasteiger charge is -2.24. The smallest absolute Gasteiger partial charge is 0.330 e. The molecule has 2 aromatic rings. The molecule has 1 aliphatic rings. The molecule has 8 nitrogen and oxygen atoms in total. The van der Waals surface area contributed by atoms with Gasteiger partial charge in [0.1, 0.15) is 0 Å². The molecule has 0 aromatic heterocycles. The molecule has 1 aliphatic heterocycles. The highest BCUT2D eigenvalue weighted by atomic mass is 16.5. The molecule has 0 aliphatic carbocycles. The standard InChI is InChI=1S/C28H36O8/c1-17(2)10-26(29)35-16-21-20(11-18-8-9-22(30-3)23(12-18)31-4)15-36-27(21)19-13-24(32-5)28(34-7)25(14-19)33-6/h8-10,12-14,20-21,27H,11,15-16H2,1-7H3/t20-,21-,27?/m0/s1. The van der Waals surface area contributed by atoms with Crippen molar-refractivity contribution < 1.29 is 38.0 Å². The second-order valence-corrected chi connectivity index (χ2v) is 8.88. The molecule has 0 bridgehead atoms. The molecule has 3 rings (SSSR count). The predicted molar refractivity (Wildman–Crippen MR) is 135 cm³/mol. The first kappa shape index (κ1) is 27.2. The Morgan fingerprint density at radius 2 is 1.53 bits per heavy atom. The van der Waals surface area contributed by atoms with E-state index < -0.39 is 0 Å². The van der Waals surface area contributed by atoms with Crippen LogP contribution >= 0.6 is 0 Å². The fraction of sp³-hybridized carbons (Fsp3) is 0.464. The lowest BCUT2D eigenvalue weighted by molar-refractivity contribution is -0.140. The topological polar surface area (TPSA) is 81.7 Å². The van der Waals surface area contributed by atoms with Crippen molar-refractivity contribution in [2.75, 3.05) is 48.8 Å². The number of hydrogen-bond acceptors (Lipinski definition) is 8. The molecule has 1 heterocycles. The van der Waals surface area contributed by atoms with Gasteiger partial charge in [0.15, 0.2) is 23.0 Å². The maximum atomic E-state index is 12.3. The number of benzene rings is 2. The van der Waals surface area contributed by atoms with Crippen LogP contribution in [0.25, 0.3) is 0 Å². The van der Waals surface area contributed by atoms with Gasteiger partial charge >= 0.3 is 5.97 Å². The van der Waals surface area contributed by atoms with Gasteiger partial charge < -0.3 is 33.2 Å². The van der Waals surface area contributed by atoms with Crippen molar-refractivity contribution in [1.29, 1.82) is 0 Å². The molecule has 3 atom stereocenters. The zero-order valence-corrected chi connectivity index (χ0v) is 22.1. The third-order valence-corrected chi connectivity index (χ3v) is 6.27. The van der Waals surface area contributed by atoms with Crippen molar-refractivity contribution in [2.24, 2.45) is 11.8 Å². The normalized spacial score (nSPS) is 18.8. The number of esters is 1. The van der Waals surface area contributed by atoms with Gasteiger partial charge in [-0.15, -0.1) is 0 Å². The summed E-state index contributed by atoms with van der Waals surface area (Å²) in [5.41, 5.74) is 2.82. The van der Waals surface area contributed by atoms with E-state index in [0.29, 0.717) is 41.8 Å². The Labute approximate surface area is 213 Å². The van der Waals surface area contributed by atoms with Crippen molar-refractivity contribution in [3.05, 3.63) is 53.1 Å². The van der Waals surface area contributed by atoms with E-state index in [1.54, 1.807) is 35.5 Å². The second kappa shape index (κ2) is 12.5. The number of carbonyl (C=O) groups excluding carboxylic acids is 1. The summed E-state index contributed by atoms with van der Waals surface area (Å²) in [6, 6.07) is 9.65. The highest BCUT2D eigenvalue weighted by Gasteiger charge is 2.40. The average molecular weight is 501 g/mol. The van der Waals surface area contributed by atoms with E-state index in [0.717, 1.165) is 16.7 Å². The maximum Gasteiger partial charge on any atom is 0.330 e. The van der Waals surface area contributed by atoms with Gasteiger partial charge in [0.2, 0.25) is 5.75 Å². The van der Waals surface area contributed by atoms with Gasteiger partial charge in [-0.2, -0.15) is 0 Å². The van der Waals surface area contributed by atoms with Crippen LogP contribution < -0.4 is 23.7 Å². The summed E-state index contributed by atoms with van der Waals surface area (Å²) >= 11 is 0. The first-order valence-electron chi connectivity index (χ1n) is 11.8. The minimum atomic E-state index is -0.365. The number of allylic oxidation sites excluding steroid dienone is 1. The van der Waals surface area contributed by atoms with Gasteiger partial charge in [0.25, 0.3) is 0 Å². The van der Waals surface area contributed by atoms with Crippen LogP contribution in [0.5, 0.6) is 28.7 Å². The summed E-state index contributed by atoms with van der Waals surface area (Å²) in [5, 5.41) is 0. The Balaban J connectivity index is 1.93. The van der Waals surface area contributed by atoms with E-state index in [1.165, 1.54) is 6.08 Å². The van der Waals surface area contributed by atoms with Gasteiger partial charge in [-0.05, 0) is 61.6 Å². The summed E-state index contributed by atoms with van der Waals surface area (Å²) in [5.74, 6) is 2.55. The van der Waals surface area contributed by atoms with Gasteiger partial charge in [0.05, 0.1) is 54.9 Å². The molecule has 0 spiro atoms. The summed E-state index contributed by atoms with van der Waals surface area (Å²) in [7, 11) is 7.95. The largest absolute Gasteiger partial charge is 0.493 e. The minimum Gasteiger partial charge on any atom is -0.493 e. The molecule has 196 valence electrons. The molecule has 0 radical (unpaired) electrons. The molecule has 0 amide bonds. The van der Waals surface area contributed by atoms with Crippen LogP contribution in [0.4, 0.5) is 0 Å². The number of rotatable bonds is 11. The van der Waals surface area contributed by atoms with E-state index in [2.05, 4.69) is 0 Å². The first-order valence-corrected chi connectivity index (χ1v) is 11.8. The summed E-state index contributed by atoms with van der Waals surface area (Å²) in [6.07, 6.45) is 1.88. The van der Waals surface area contributed by atoms with Crippen molar-refractivity contribution in [2.45, 2.75) is 26.4 Å². The Morgan fingerprint density at radius 1 is 0.889 bits per heavy atom. The molecule has 1 fully saturated rings. The van der Waals surface area contributed by atoms with Crippen LogP contribution in [0, 0.1) is 11.8 Å². The molecule has 1 unspecified atom stereocenters. The molecule has 1 saturated heterocycles. The van der Waals surface area contributed by atoms with Crippen LogP contribution in [0.2, 0.25) is 0 Å². The van der Waals surface area contributed by atoms with Gasteiger partial charge in [-0.25, -0.2) is 4.79 Å². The molecule has 2 aromatic carbocycles. The zero-order chi connectivity index (χ0) is 26.2. The highest BCUT2D eigenvalue weighted by Crippen LogP contribution is 2.46. The van der Waals surface area contributed by atoms with Crippen LogP contribution in [-0.2, 0) is 20.7 Å². The third-order valence-electron chi connectivity index (χ3n) is 6.27. The Kier molecular flexibility index (Phi) is 9.47. The average Bonchev–Trinajstić information content (AvgIpc) is 3.27.